The van der Waals surface area contributed by atoms with Crippen molar-refractivity contribution in [1.29, 1.82) is 0 Å². The van der Waals surface area contributed by atoms with E-state index in [1.54, 1.807) is 6.07 Å². The molecule has 17 heavy (non-hydrogen) atoms. The number of aliphatic hydroxyl groups excluding tert-OH is 1. The highest BCUT2D eigenvalue weighted by atomic mass is 35.5. The van der Waals surface area contributed by atoms with Crippen molar-refractivity contribution < 1.29 is 5.11 Å². The second kappa shape index (κ2) is 5.51. The molecular weight excluding hydrogens is 240 g/mol. The van der Waals surface area contributed by atoms with Crippen molar-refractivity contribution in [3.63, 3.8) is 0 Å². The molecule has 1 aliphatic carbocycles. The highest BCUT2D eigenvalue weighted by molar-refractivity contribution is 6.29. The molecular formula is C11H17ClN4O. The van der Waals surface area contributed by atoms with Crippen molar-refractivity contribution in [2.75, 3.05) is 17.6 Å². The molecule has 2 atom stereocenters. The number of rotatable bonds is 3. The zero-order valence-electron chi connectivity index (χ0n) is 9.56. The fourth-order valence-corrected chi connectivity index (χ4v) is 2.41. The Balaban J connectivity index is 1.88. The Morgan fingerprint density at radius 2 is 2.29 bits per heavy atom. The quantitative estimate of drug-likeness (QED) is 0.717. The van der Waals surface area contributed by atoms with E-state index < -0.39 is 0 Å². The van der Waals surface area contributed by atoms with E-state index in [4.69, 9.17) is 17.3 Å². The Labute approximate surface area is 105 Å². The monoisotopic (exact) mass is 256 g/mol. The third-order valence-electron chi connectivity index (χ3n) is 3.04. The Morgan fingerprint density at radius 1 is 1.47 bits per heavy atom. The predicted octanol–water partition coefficient (Wildman–Crippen LogP) is 1.68. The number of nitrogens with two attached hydrogens (primary N) is 1. The van der Waals surface area contributed by atoms with Crippen LogP contribution in [0.25, 0.3) is 0 Å². The highest BCUT2D eigenvalue weighted by Crippen LogP contribution is 2.24. The van der Waals surface area contributed by atoms with E-state index in [2.05, 4.69) is 15.3 Å². The van der Waals surface area contributed by atoms with Gasteiger partial charge in [0.25, 0.3) is 0 Å². The summed E-state index contributed by atoms with van der Waals surface area (Å²) in [5.41, 5.74) is 5.50. The first-order valence-electron chi connectivity index (χ1n) is 5.85. The number of nitrogens with zero attached hydrogens (tertiary/aromatic N) is 2. The molecule has 1 fully saturated rings. The smallest absolute Gasteiger partial charge is 0.223 e. The van der Waals surface area contributed by atoms with Gasteiger partial charge in [-0.25, -0.2) is 4.98 Å². The van der Waals surface area contributed by atoms with E-state index in [1.807, 2.05) is 0 Å². The lowest BCUT2D eigenvalue weighted by Gasteiger charge is -2.26. The van der Waals surface area contributed by atoms with Gasteiger partial charge in [-0.15, -0.1) is 0 Å². The molecule has 0 bridgehead atoms. The van der Waals surface area contributed by atoms with Gasteiger partial charge in [0.1, 0.15) is 11.0 Å². The zero-order valence-corrected chi connectivity index (χ0v) is 10.3. The fraction of sp³-hybridized carbons (Fsp3) is 0.636. The van der Waals surface area contributed by atoms with Crippen LogP contribution in [0.2, 0.25) is 5.15 Å². The van der Waals surface area contributed by atoms with E-state index in [0.717, 1.165) is 32.2 Å². The molecule has 0 amide bonds. The van der Waals surface area contributed by atoms with Crippen LogP contribution in [0.3, 0.4) is 0 Å². The van der Waals surface area contributed by atoms with Crippen LogP contribution in [-0.4, -0.2) is 27.7 Å². The molecule has 94 valence electrons. The van der Waals surface area contributed by atoms with Gasteiger partial charge in [0, 0.05) is 12.6 Å². The van der Waals surface area contributed by atoms with Crippen molar-refractivity contribution in [3.8, 4) is 0 Å². The van der Waals surface area contributed by atoms with Crippen molar-refractivity contribution >= 4 is 23.4 Å². The topological polar surface area (TPSA) is 84.1 Å². The summed E-state index contributed by atoms with van der Waals surface area (Å²) < 4.78 is 0. The third kappa shape index (κ3) is 3.71. The summed E-state index contributed by atoms with van der Waals surface area (Å²) in [5.74, 6) is 1.29. The van der Waals surface area contributed by atoms with Crippen molar-refractivity contribution in [2.45, 2.75) is 31.8 Å². The normalized spacial score (nSPS) is 24.6. The first kappa shape index (κ1) is 12.4. The van der Waals surface area contributed by atoms with Crippen LogP contribution in [0, 0.1) is 5.92 Å². The summed E-state index contributed by atoms with van der Waals surface area (Å²) in [4.78, 5) is 7.84. The fourth-order valence-electron chi connectivity index (χ4n) is 2.22. The van der Waals surface area contributed by atoms with Crippen LogP contribution in [-0.2, 0) is 0 Å². The average molecular weight is 257 g/mol. The number of anilines is 2. The number of halogens is 1. The first-order chi connectivity index (χ1) is 8.13. The maximum atomic E-state index is 9.57. The number of aromatic nitrogens is 2. The minimum Gasteiger partial charge on any atom is -0.393 e. The third-order valence-corrected chi connectivity index (χ3v) is 3.23. The number of nitrogen functional groups attached to an aromatic ring is 1. The van der Waals surface area contributed by atoms with Gasteiger partial charge in [0.2, 0.25) is 5.95 Å². The molecule has 5 nitrogen and oxygen atoms in total. The lowest BCUT2D eigenvalue weighted by Crippen LogP contribution is -2.25. The lowest BCUT2D eigenvalue weighted by molar-refractivity contribution is 0.104. The Morgan fingerprint density at radius 3 is 3.00 bits per heavy atom. The molecule has 0 radical (unpaired) electrons. The standard InChI is InChI=1S/C11H17ClN4O/c12-9-5-10(16-11(13)15-9)14-6-7-2-1-3-8(17)4-7/h5,7-8,17H,1-4,6H2,(H3,13,14,15,16). The average Bonchev–Trinajstić information content (AvgIpc) is 2.25. The minimum atomic E-state index is -0.158. The molecule has 0 aliphatic heterocycles. The molecule has 1 saturated carbocycles. The molecule has 0 saturated heterocycles. The van der Waals surface area contributed by atoms with Crippen LogP contribution in [0.1, 0.15) is 25.7 Å². The minimum absolute atomic E-state index is 0.158. The summed E-state index contributed by atoms with van der Waals surface area (Å²) in [7, 11) is 0. The number of hydrogen-bond acceptors (Lipinski definition) is 5. The van der Waals surface area contributed by atoms with Gasteiger partial charge in [0.05, 0.1) is 6.10 Å². The van der Waals surface area contributed by atoms with Gasteiger partial charge in [-0.1, -0.05) is 18.0 Å². The number of hydrogen-bond donors (Lipinski definition) is 3. The van der Waals surface area contributed by atoms with Crippen LogP contribution in [0.15, 0.2) is 6.07 Å². The zero-order chi connectivity index (χ0) is 12.3. The van der Waals surface area contributed by atoms with Gasteiger partial charge in [-0.05, 0) is 25.2 Å². The number of aliphatic hydroxyl groups is 1. The van der Waals surface area contributed by atoms with Crippen LogP contribution in [0.5, 0.6) is 0 Å². The van der Waals surface area contributed by atoms with Crippen molar-refractivity contribution in [2.24, 2.45) is 5.92 Å². The SMILES string of the molecule is Nc1nc(Cl)cc(NCC2CCCC(O)C2)n1. The molecule has 2 unspecified atom stereocenters. The summed E-state index contributed by atoms with van der Waals surface area (Å²) in [6.45, 7) is 0.782. The van der Waals surface area contributed by atoms with E-state index in [1.165, 1.54) is 0 Å². The molecule has 1 aromatic heterocycles. The van der Waals surface area contributed by atoms with E-state index in [0.29, 0.717) is 16.9 Å². The van der Waals surface area contributed by atoms with Gasteiger partial charge >= 0.3 is 0 Å². The van der Waals surface area contributed by atoms with Gasteiger partial charge in [-0.2, -0.15) is 4.98 Å². The molecule has 0 aromatic carbocycles. The summed E-state index contributed by atoms with van der Waals surface area (Å²) >= 11 is 5.78. The van der Waals surface area contributed by atoms with Gasteiger partial charge in [-0.3, -0.25) is 0 Å². The molecule has 6 heteroatoms. The van der Waals surface area contributed by atoms with E-state index in [9.17, 15) is 5.11 Å². The lowest BCUT2D eigenvalue weighted by atomic mass is 9.87. The van der Waals surface area contributed by atoms with Crippen LogP contribution in [0.4, 0.5) is 11.8 Å². The molecule has 1 heterocycles. The Bertz CT molecular complexity index is 367. The van der Waals surface area contributed by atoms with Crippen molar-refractivity contribution in [1.82, 2.24) is 9.97 Å². The van der Waals surface area contributed by atoms with E-state index in [-0.39, 0.29) is 12.1 Å². The maximum Gasteiger partial charge on any atom is 0.223 e. The molecule has 4 N–H and O–H groups in total. The molecule has 2 rings (SSSR count). The Kier molecular flexibility index (Phi) is 4.02. The molecule has 1 aromatic rings. The summed E-state index contributed by atoms with van der Waals surface area (Å²) in [6, 6.07) is 1.65. The van der Waals surface area contributed by atoms with E-state index >= 15 is 0 Å². The summed E-state index contributed by atoms with van der Waals surface area (Å²) in [5, 5.41) is 13.1. The molecule has 1 aliphatic rings. The van der Waals surface area contributed by atoms with Gasteiger partial charge < -0.3 is 16.2 Å². The van der Waals surface area contributed by atoms with Gasteiger partial charge in [0.15, 0.2) is 0 Å². The maximum absolute atomic E-state index is 9.57. The summed E-state index contributed by atoms with van der Waals surface area (Å²) in [6.07, 6.45) is 3.83. The Hall–Kier alpha value is -1.07. The van der Waals surface area contributed by atoms with Crippen LogP contribution < -0.4 is 11.1 Å². The number of nitrogens with one attached hydrogen (secondary N) is 1. The van der Waals surface area contributed by atoms with Crippen LogP contribution >= 0.6 is 11.6 Å². The predicted molar refractivity (Wildman–Crippen MR) is 67.9 cm³/mol. The second-order valence-corrected chi connectivity index (χ2v) is 4.89. The highest BCUT2D eigenvalue weighted by Gasteiger charge is 2.19. The largest absolute Gasteiger partial charge is 0.393 e. The van der Waals surface area contributed by atoms with Crippen molar-refractivity contribution in [3.05, 3.63) is 11.2 Å². The first-order valence-corrected chi connectivity index (χ1v) is 6.23. The second-order valence-electron chi connectivity index (χ2n) is 4.50. The molecule has 0 spiro atoms.